The fraction of sp³-hybridized carbons (Fsp3) is 0.556. The van der Waals surface area contributed by atoms with Crippen LogP contribution in [-0.2, 0) is 33.3 Å². The largest absolute Gasteiger partial charge is 0.463 e. The van der Waals surface area contributed by atoms with Gasteiger partial charge in [0.15, 0.2) is 11.9 Å². The van der Waals surface area contributed by atoms with E-state index in [-0.39, 0.29) is 18.8 Å². The molecule has 4 atom stereocenters. The number of carbonyl (C=O) groups excluding carboxylic acids is 4. The summed E-state index contributed by atoms with van der Waals surface area (Å²) in [6, 6.07) is 1.63. The highest BCUT2D eigenvalue weighted by molar-refractivity contribution is 7.12. The van der Waals surface area contributed by atoms with Crippen molar-refractivity contribution in [2.45, 2.75) is 58.7 Å². The third-order valence-corrected chi connectivity index (χ3v) is 4.76. The number of hydrogen-bond donors (Lipinski definition) is 0. The smallest absolute Gasteiger partial charge is 0.303 e. The van der Waals surface area contributed by atoms with Crippen molar-refractivity contribution in [2.75, 3.05) is 6.61 Å². The van der Waals surface area contributed by atoms with Crippen molar-refractivity contribution in [1.82, 2.24) is 0 Å². The molecule has 0 radical (unpaired) electrons. The Morgan fingerprint density at radius 2 is 1.75 bits per heavy atom. The standard InChI is InChI=1S/C18H22O9S/c1-9(19)18-13(5-6-28-18)26-16-7-14(24-11(3)21)17(25-12(4)22)15(27-16)8-23-10(2)20/h5-6,14-17H,7-8H2,1-4H3. The third kappa shape index (κ3) is 6.03. The van der Waals surface area contributed by atoms with E-state index in [9.17, 15) is 19.2 Å². The van der Waals surface area contributed by atoms with Crippen LogP contribution in [0.15, 0.2) is 11.4 Å². The van der Waals surface area contributed by atoms with Crippen molar-refractivity contribution in [2.24, 2.45) is 0 Å². The molecule has 1 aromatic rings. The van der Waals surface area contributed by atoms with Crippen LogP contribution in [0.1, 0.15) is 43.8 Å². The molecule has 1 aliphatic rings. The summed E-state index contributed by atoms with van der Waals surface area (Å²) in [6.45, 7) is 4.85. The van der Waals surface area contributed by atoms with E-state index in [1.807, 2.05) is 0 Å². The Balaban J connectivity index is 2.24. The number of thiophene rings is 1. The number of ketones is 1. The molecule has 0 bridgehead atoms. The van der Waals surface area contributed by atoms with E-state index in [4.69, 9.17) is 23.7 Å². The second-order valence-corrected chi connectivity index (χ2v) is 7.07. The number of rotatable bonds is 7. The highest BCUT2D eigenvalue weighted by Crippen LogP contribution is 2.31. The van der Waals surface area contributed by atoms with E-state index in [2.05, 4.69) is 0 Å². The van der Waals surface area contributed by atoms with Gasteiger partial charge in [-0.3, -0.25) is 19.2 Å². The average molecular weight is 414 g/mol. The molecule has 2 heterocycles. The Morgan fingerprint density at radius 1 is 1.07 bits per heavy atom. The SMILES string of the molecule is CC(=O)OCC1OC(Oc2ccsc2C(C)=O)CC(OC(C)=O)C1OC(C)=O. The molecule has 0 N–H and O–H groups in total. The minimum atomic E-state index is -0.977. The molecule has 4 unspecified atom stereocenters. The normalized spacial score (nSPS) is 24.1. The van der Waals surface area contributed by atoms with Crippen LogP contribution in [-0.4, -0.2) is 54.9 Å². The van der Waals surface area contributed by atoms with Crippen molar-refractivity contribution in [3.05, 3.63) is 16.3 Å². The zero-order valence-corrected chi connectivity index (χ0v) is 16.8. The summed E-state index contributed by atoms with van der Waals surface area (Å²) in [6.07, 6.45) is -3.63. The molecule has 10 heteroatoms. The lowest BCUT2D eigenvalue weighted by molar-refractivity contribution is -0.245. The van der Waals surface area contributed by atoms with Gasteiger partial charge < -0.3 is 23.7 Å². The van der Waals surface area contributed by atoms with Gasteiger partial charge in [-0.1, -0.05) is 0 Å². The maximum Gasteiger partial charge on any atom is 0.303 e. The first-order chi connectivity index (χ1) is 13.2. The van der Waals surface area contributed by atoms with Gasteiger partial charge in [-0.05, 0) is 11.4 Å². The highest BCUT2D eigenvalue weighted by Gasteiger charge is 2.44. The second kappa shape index (κ2) is 9.65. The van der Waals surface area contributed by atoms with Crippen molar-refractivity contribution in [3.8, 4) is 5.75 Å². The molecule has 9 nitrogen and oxygen atoms in total. The van der Waals surface area contributed by atoms with Crippen LogP contribution >= 0.6 is 11.3 Å². The van der Waals surface area contributed by atoms with E-state index >= 15 is 0 Å². The van der Waals surface area contributed by atoms with Crippen LogP contribution in [0, 0.1) is 0 Å². The molecule has 28 heavy (non-hydrogen) atoms. The van der Waals surface area contributed by atoms with Gasteiger partial charge >= 0.3 is 17.9 Å². The maximum atomic E-state index is 11.7. The summed E-state index contributed by atoms with van der Waals surface area (Å²) in [5.41, 5.74) is 0. The Morgan fingerprint density at radius 3 is 2.32 bits per heavy atom. The zero-order valence-electron chi connectivity index (χ0n) is 16.0. The van der Waals surface area contributed by atoms with Crippen molar-refractivity contribution in [3.63, 3.8) is 0 Å². The first-order valence-electron chi connectivity index (χ1n) is 8.55. The van der Waals surface area contributed by atoms with Gasteiger partial charge in [0.2, 0.25) is 6.29 Å². The molecule has 0 aliphatic carbocycles. The quantitative estimate of drug-likeness (QED) is 0.375. The molecular formula is C18H22O9S. The predicted molar refractivity (Wildman–Crippen MR) is 96.0 cm³/mol. The Labute approximate surface area is 165 Å². The van der Waals surface area contributed by atoms with E-state index in [1.54, 1.807) is 11.4 Å². The summed E-state index contributed by atoms with van der Waals surface area (Å²) < 4.78 is 27.1. The summed E-state index contributed by atoms with van der Waals surface area (Å²) in [5.74, 6) is -1.55. The summed E-state index contributed by atoms with van der Waals surface area (Å²) in [7, 11) is 0. The molecule has 0 spiro atoms. The number of carbonyl (C=O) groups is 4. The molecule has 0 amide bonds. The van der Waals surface area contributed by atoms with Crippen molar-refractivity contribution in [1.29, 1.82) is 0 Å². The van der Waals surface area contributed by atoms with Gasteiger partial charge in [0.05, 0.1) is 6.42 Å². The number of esters is 3. The summed E-state index contributed by atoms with van der Waals surface area (Å²) in [5, 5.41) is 1.70. The first-order valence-corrected chi connectivity index (χ1v) is 9.43. The van der Waals surface area contributed by atoms with Gasteiger partial charge in [-0.2, -0.15) is 0 Å². The van der Waals surface area contributed by atoms with E-state index < -0.39 is 42.5 Å². The lowest BCUT2D eigenvalue weighted by atomic mass is 10.0. The Hall–Kier alpha value is -2.46. The molecule has 0 aromatic carbocycles. The van der Waals surface area contributed by atoms with E-state index in [0.717, 1.165) is 0 Å². The van der Waals surface area contributed by atoms with Gasteiger partial charge in [-0.15, -0.1) is 11.3 Å². The summed E-state index contributed by atoms with van der Waals surface area (Å²) in [4.78, 5) is 46.3. The van der Waals surface area contributed by atoms with Crippen LogP contribution in [0.4, 0.5) is 0 Å². The number of hydrogen-bond acceptors (Lipinski definition) is 10. The molecule has 1 aliphatic heterocycles. The Bertz CT molecular complexity index is 741. The molecular weight excluding hydrogens is 392 g/mol. The van der Waals surface area contributed by atoms with Crippen molar-refractivity contribution >= 4 is 35.0 Å². The molecule has 2 rings (SSSR count). The molecule has 1 fully saturated rings. The lowest BCUT2D eigenvalue weighted by Crippen LogP contribution is -2.54. The monoisotopic (exact) mass is 414 g/mol. The maximum absolute atomic E-state index is 11.7. The van der Waals surface area contributed by atoms with Gasteiger partial charge in [0, 0.05) is 27.7 Å². The molecule has 1 saturated heterocycles. The van der Waals surface area contributed by atoms with Crippen LogP contribution in [0.5, 0.6) is 5.75 Å². The van der Waals surface area contributed by atoms with Gasteiger partial charge in [0.1, 0.15) is 29.4 Å². The van der Waals surface area contributed by atoms with Crippen LogP contribution in [0.2, 0.25) is 0 Å². The van der Waals surface area contributed by atoms with Gasteiger partial charge in [-0.25, -0.2) is 0 Å². The van der Waals surface area contributed by atoms with Crippen LogP contribution < -0.4 is 4.74 Å². The molecule has 0 saturated carbocycles. The van der Waals surface area contributed by atoms with Crippen LogP contribution in [0.3, 0.4) is 0 Å². The van der Waals surface area contributed by atoms with Crippen LogP contribution in [0.25, 0.3) is 0 Å². The van der Waals surface area contributed by atoms with E-state index in [0.29, 0.717) is 10.6 Å². The van der Waals surface area contributed by atoms with Gasteiger partial charge in [0.25, 0.3) is 0 Å². The number of Topliss-reactive ketones (excluding diaryl/α,β-unsaturated/α-hetero) is 1. The minimum Gasteiger partial charge on any atom is -0.463 e. The first kappa shape index (κ1) is 21.8. The fourth-order valence-corrected chi connectivity index (χ4v) is 3.49. The third-order valence-electron chi connectivity index (χ3n) is 3.76. The molecule has 154 valence electrons. The lowest BCUT2D eigenvalue weighted by Gasteiger charge is -2.39. The van der Waals surface area contributed by atoms with E-state index in [1.165, 1.54) is 39.0 Å². The zero-order chi connectivity index (χ0) is 20.8. The topological polar surface area (TPSA) is 114 Å². The average Bonchev–Trinajstić information content (AvgIpc) is 3.03. The van der Waals surface area contributed by atoms with Crippen molar-refractivity contribution < 1.29 is 42.9 Å². The summed E-state index contributed by atoms with van der Waals surface area (Å²) >= 11 is 1.23. The fourth-order valence-electron chi connectivity index (χ4n) is 2.76. The Kier molecular flexibility index (Phi) is 7.53. The molecule has 1 aromatic heterocycles. The second-order valence-electron chi connectivity index (χ2n) is 6.15. The highest BCUT2D eigenvalue weighted by atomic mass is 32.1. The number of ether oxygens (including phenoxy) is 5. The predicted octanol–water partition coefficient (Wildman–Crippen LogP) is 1.87. The minimum absolute atomic E-state index is 0.0568.